The van der Waals surface area contributed by atoms with E-state index in [-0.39, 0.29) is 0 Å². The van der Waals surface area contributed by atoms with Gasteiger partial charge in [-0.05, 0) is 50.4 Å². The molecule has 0 bridgehead atoms. The summed E-state index contributed by atoms with van der Waals surface area (Å²) in [5.41, 5.74) is 2.94. The van der Waals surface area contributed by atoms with Crippen LogP contribution in [-0.2, 0) is 11.3 Å². The van der Waals surface area contributed by atoms with Crippen molar-refractivity contribution in [2.75, 3.05) is 57.3 Å². The molecule has 2 saturated heterocycles. The van der Waals surface area contributed by atoms with Crippen LogP contribution < -0.4 is 4.90 Å². The monoisotopic (exact) mass is 359 g/mol. The molecule has 4 heteroatoms. The van der Waals surface area contributed by atoms with Crippen LogP contribution in [0.15, 0.2) is 24.3 Å². The van der Waals surface area contributed by atoms with Gasteiger partial charge in [0.25, 0.3) is 0 Å². The molecule has 1 aromatic carbocycles. The maximum atomic E-state index is 6.16. The van der Waals surface area contributed by atoms with Gasteiger partial charge in [-0.3, -0.25) is 4.90 Å². The third-order valence-electron chi connectivity index (χ3n) is 5.97. The Morgan fingerprint density at radius 2 is 1.81 bits per heavy atom. The quantitative estimate of drug-likeness (QED) is 0.670. The molecule has 2 aliphatic rings. The van der Waals surface area contributed by atoms with Gasteiger partial charge in [-0.1, -0.05) is 32.0 Å². The van der Waals surface area contributed by atoms with Gasteiger partial charge in [0, 0.05) is 45.0 Å². The van der Waals surface area contributed by atoms with Crippen LogP contribution in [0.25, 0.3) is 0 Å². The van der Waals surface area contributed by atoms with Crippen LogP contribution in [0.3, 0.4) is 0 Å². The maximum absolute atomic E-state index is 6.16. The van der Waals surface area contributed by atoms with Gasteiger partial charge >= 0.3 is 0 Å². The molecular formula is C22H37N3O. The minimum atomic E-state index is 0.410. The van der Waals surface area contributed by atoms with E-state index in [1.807, 2.05) is 0 Å². The number of likely N-dealkylation sites (tertiary alicyclic amines) is 1. The summed E-state index contributed by atoms with van der Waals surface area (Å²) in [5, 5.41) is 0. The van der Waals surface area contributed by atoms with Crippen LogP contribution >= 0.6 is 0 Å². The van der Waals surface area contributed by atoms with Gasteiger partial charge in [-0.2, -0.15) is 0 Å². The zero-order valence-electron chi connectivity index (χ0n) is 16.8. The molecule has 146 valence electrons. The maximum Gasteiger partial charge on any atom is 0.0714 e. The normalized spacial score (nSPS) is 21.7. The van der Waals surface area contributed by atoms with Crippen LogP contribution in [0, 0.1) is 0 Å². The van der Waals surface area contributed by atoms with E-state index < -0.39 is 0 Å². The minimum absolute atomic E-state index is 0.410. The lowest BCUT2D eigenvalue weighted by molar-refractivity contribution is 0.0439. The predicted molar refractivity (Wildman–Crippen MR) is 110 cm³/mol. The van der Waals surface area contributed by atoms with Gasteiger partial charge < -0.3 is 14.5 Å². The zero-order valence-corrected chi connectivity index (χ0v) is 16.8. The van der Waals surface area contributed by atoms with Crippen molar-refractivity contribution in [3.8, 4) is 0 Å². The standard InChI is InChI=1S/C22H37N3O/c1-3-23(4-2)16-17-26-21-12-15-24(19-21)18-20-10-6-7-11-22(20)25-13-8-5-9-14-25/h6-7,10-11,21H,3-5,8-9,12-19H2,1-2H3. The van der Waals surface area contributed by atoms with Gasteiger partial charge in [0.05, 0.1) is 12.7 Å². The third kappa shape index (κ3) is 5.45. The minimum Gasteiger partial charge on any atom is -0.376 e. The Morgan fingerprint density at radius 1 is 1.04 bits per heavy atom. The smallest absolute Gasteiger partial charge is 0.0714 e. The van der Waals surface area contributed by atoms with Crippen LogP contribution in [0.2, 0.25) is 0 Å². The van der Waals surface area contributed by atoms with Crippen molar-refractivity contribution in [1.29, 1.82) is 0 Å². The number of likely N-dealkylation sites (N-methyl/N-ethyl adjacent to an activating group) is 1. The van der Waals surface area contributed by atoms with E-state index in [1.54, 1.807) is 0 Å². The highest BCUT2D eigenvalue weighted by molar-refractivity contribution is 5.53. The molecule has 3 rings (SSSR count). The lowest BCUT2D eigenvalue weighted by Gasteiger charge is -2.31. The summed E-state index contributed by atoms with van der Waals surface area (Å²) in [6.07, 6.45) is 5.63. The predicted octanol–water partition coefficient (Wildman–Crippen LogP) is 3.61. The fourth-order valence-corrected chi connectivity index (χ4v) is 4.29. The molecule has 1 unspecified atom stereocenters. The van der Waals surface area contributed by atoms with E-state index in [0.717, 1.165) is 45.9 Å². The number of piperidine rings is 1. The molecule has 2 fully saturated rings. The molecule has 2 heterocycles. The Kier molecular flexibility index (Phi) is 7.78. The number of ether oxygens (including phenoxy) is 1. The van der Waals surface area contributed by atoms with E-state index in [0.29, 0.717) is 6.10 Å². The van der Waals surface area contributed by atoms with E-state index in [1.165, 1.54) is 50.0 Å². The molecule has 0 spiro atoms. The molecule has 0 aromatic heterocycles. The lowest BCUT2D eigenvalue weighted by atomic mass is 10.1. The molecule has 1 aromatic rings. The fourth-order valence-electron chi connectivity index (χ4n) is 4.29. The molecule has 4 nitrogen and oxygen atoms in total. The Balaban J connectivity index is 1.48. The highest BCUT2D eigenvalue weighted by atomic mass is 16.5. The summed E-state index contributed by atoms with van der Waals surface area (Å²) < 4.78 is 6.16. The Labute approximate surface area is 160 Å². The second-order valence-corrected chi connectivity index (χ2v) is 7.72. The number of hydrogen-bond acceptors (Lipinski definition) is 4. The van der Waals surface area contributed by atoms with Crippen molar-refractivity contribution in [1.82, 2.24) is 9.80 Å². The van der Waals surface area contributed by atoms with Gasteiger partial charge in [0.15, 0.2) is 0 Å². The van der Waals surface area contributed by atoms with Crippen molar-refractivity contribution < 1.29 is 4.74 Å². The molecule has 0 aliphatic carbocycles. The second-order valence-electron chi connectivity index (χ2n) is 7.72. The average molecular weight is 360 g/mol. The Bertz CT molecular complexity index is 526. The van der Waals surface area contributed by atoms with Crippen LogP contribution in [0.5, 0.6) is 0 Å². The van der Waals surface area contributed by atoms with Crippen molar-refractivity contribution >= 4 is 5.69 Å². The van der Waals surface area contributed by atoms with E-state index >= 15 is 0 Å². The van der Waals surface area contributed by atoms with Crippen molar-refractivity contribution in [3.63, 3.8) is 0 Å². The van der Waals surface area contributed by atoms with Gasteiger partial charge in [-0.15, -0.1) is 0 Å². The fraction of sp³-hybridized carbons (Fsp3) is 0.727. The molecule has 0 radical (unpaired) electrons. The van der Waals surface area contributed by atoms with Gasteiger partial charge in [0.2, 0.25) is 0 Å². The second kappa shape index (κ2) is 10.3. The number of para-hydroxylation sites is 1. The summed E-state index contributed by atoms with van der Waals surface area (Å²) in [6, 6.07) is 9.01. The highest BCUT2D eigenvalue weighted by Gasteiger charge is 2.24. The SMILES string of the molecule is CCN(CC)CCOC1CCN(Cc2ccccc2N2CCCCC2)C1. The summed E-state index contributed by atoms with van der Waals surface area (Å²) in [5.74, 6) is 0. The summed E-state index contributed by atoms with van der Waals surface area (Å²) >= 11 is 0. The molecule has 0 saturated carbocycles. The topological polar surface area (TPSA) is 19.0 Å². The first-order valence-corrected chi connectivity index (χ1v) is 10.7. The first-order valence-electron chi connectivity index (χ1n) is 10.7. The van der Waals surface area contributed by atoms with Gasteiger partial charge in [-0.25, -0.2) is 0 Å². The number of hydrogen-bond donors (Lipinski definition) is 0. The summed E-state index contributed by atoms with van der Waals surface area (Å²) in [4.78, 5) is 7.60. The van der Waals surface area contributed by atoms with Gasteiger partial charge in [0.1, 0.15) is 0 Å². The molecule has 0 N–H and O–H groups in total. The molecule has 1 atom stereocenters. The third-order valence-corrected chi connectivity index (χ3v) is 5.97. The number of benzene rings is 1. The van der Waals surface area contributed by atoms with E-state index in [4.69, 9.17) is 4.74 Å². The first-order chi connectivity index (χ1) is 12.8. The number of anilines is 1. The van der Waals surface area contributed by atoms with Crippen LogP contribution in [-0.4, -0.2) is 68.3 Å². The highest BCUT2D eigenvalue weighted by Crippen LogP contribution is 2.26. The van der Waals surface area contributed by atoms with E-state index in [9.17, 15) is 0 Å². The molecule has 0 amide bonds. The van der Waals surface area contributed by atoms with Crippen molar-refractivity contribution in [3.05, 3.63) is 29.8 Å². The summed E-state index contributed by atoms with van der Waals surface area (Å²) in [6.45, 7) is 14.3. The first kappa shape index (κ1) is 19.7. The van der Waals surface area contributed by atoms with E-state index in [2.05, 4.69) is 52.8 Å². The van der Waals surface area contributed by atoms with Crippen LogP contribution in [0.4, 0.5) is 5.69 Å². The van der Waals surface area contributed by atoms with Crippen molar-refractivity contribution in [2.24, 2.45) is 0 Å². The largest absolute Gasteiger partial charge is 0.376 e. The number of rotatable bonds is 9. The van der Waals surface area contributed by atoms with Crippen LogP contribution in [0.1, 0.15) is 45.1 Å². The lowest BCUT2D eigenvalue weighted by Crippen LogP contribution is -2.31. The molecule has 26 heavy (non-hydrogen) atoms. The Morgan fingerprint density at radius 3 is 2.58 bits per heavy atom. The molecular weight excluding hydrogens is 322 g/mol. The number of nitrogens with zero attached hydrogens (tertiary/aromatic N) is 3. The molecule has 2 aliphatic heterocycles. The van der Waals surface area contributed by atoms with Crippen molar-refractivity contribution in [2.45, 2.75) is 52.2 Å². The Hall–Kier alpha value is -1.10. The summed E-state index contributed by atoms with van der Waals surface area (Å²) in [7, 11) is 0. The zero-order chi connectivity index (χ0) is 18.2. The average Bonchev–Trinajstić information content (AvgIpc) is 3.14.